The highest BCUT2D eigenvalue weighted by atomic mass is 19.4. The lowest BCUT2D eigenvalue weighted by Crippen LogP contribution is -2.49. The minimum atomic E-state index is -4.37. The molecule has 1 aliphatic carbocycles. The van der Waals surface area contributed by atoms with E-state index < -0.39 is 11.7 Å². The van der Waals surface area contributed by atoms with Crippen LogP contribution in [0.25, 0.3) is 11.4 Å². The largest absolute Gasteiger partial charge is 0.416 e. The van der Waals surface area contributed by atoms with Gasteiger partial charge in [0.15, 0.2) is 5.82 Å². The number of hydrogen-bond donors (Lipinski definition) is 0. The van der Waals surface area contributed by atoms with Crippen molar-refractivity contribution in [1.82, 2.24) is 14.9 Å². The summed E-state index contributed by atoms with van der Waals surface area (Å²) in [6, 6.07) is 6.75. The average molecular weight is 390 g/mol. The average Bonchev–Trinajstić information content (AvgIpc) is 3.52. The molecule has 1 aliphatic heterocycles. The number of benzene rings is 1. The number of anilines is 1. The smallest absolute Gasteiger partial charge is 0.353 e. The lowest BCUT2D eigenvalue weighted by molar-refractivity contribution is -0.137. The van der Waals surface area contributed by atoms with E-state index >= 15 is 0 Å². The molecule has 0 spiro atoms. The fourth-order valence-corrected chi connectivity index (χ4v) is 3.40. The van der Waals surface area contributed by atoms with Crippen LogP contribution >= 0.6 is 0 Å². The topological polar surface area (TPSA) is 49.3 Å². The number of hydrogen-bond acceptors (Lipinski definition) is 4. The summed E-state index contributed by atoms with van der Waals surface area (Å²) in [5.41, 5.74) is 0.595. The van der Waals surface area contributed by atoms with Crippen molar-refractivity contribution in [3.8, 4) is 11.4 Å². The van der Waals surface area contributed by atoms with Gasteiger partial charge in [-0.2, -0.15) is 13.2 Å². The molecule has 0 N–H and O–H groups in total. The van der Waals surface area contributed by atoms with Crippen LogP contribution in [0, 0.1) is 12.8 Å². The molecule has 2 heterocycles. The summed E-state index contributed by atoms with van der Waals surface area (Å²) in [5.74, 6) is 1.62. The van der Waals surface area contributed by atoms with E-state index in [-0.39, 0.29) is 11.8 Å². The van der Waals surface area contributed by atoms with Crippen LogP contribution < -0.4 is 4.90 Å². The number of carbonyl (C=O) groups is 1. The number of carbonyl (C=O) groups excluding carboxylic acids is 1. The number of rotatable bonds is 3. The van der Waals surface area contributed by atoms with Gasteiger partial charge in [-0.3, -0.25) is 4.79 Å². The number of aryl methyl sites for hydroxylation is 1. The Balaban J connectivity index is 1.50. The minimum absolute atomic E-state index is 0.221. The lowest BCUT2D eigenvalue weighted by atomic mass is 10.1. The summed E-state index contributed by atoms with van der Waals surface area (Å²) < 4.78 is 38.3. The summed E-state index contributed by atoms with van der Waals surface area (Å²) in [6.45, 7) is 4.52. The summed E-state index contributed by atoms with van der Waals surface area (Å²) >= 11 is 0. The highest BCUT2D eigenvalue weighted by molar-refractivity contribution is 5.81. The Morgan fingerprint density at radius 1 is 1.04 bits per heavy atom. The molecule has 8 heteroatoms. The SMILES string of the molecule is Cc1cc(N2CCN(C(=O)C3CC3)CC2)nc(-c2ccc(C(F)(F)F)cc2)n1. The molecule has 28 heavy (non-hydrogen) atoms. The van der Waals surface area contributed by atoms with Crippen LogP contribution in [0.15, 0.2) is 30.3 Å². The Labute approximate surface area is 161 Å². The monoisotopic (exact) mass is 390 g/mol. The number of nitrogens with zero attached hydrogens (tertiary/aromatic N) is 4. The summed E-state index contributed by atoms with van der Waals surface area (Å²) in [7, 11) is 0. The highest BCUT2D eigenvalue weighted by Crippen LogP contribution is 2.32. The molecular weight excluding hydrogens is 369 g/mol. The first kappa shape index (κ1) is 18.7. The van der Waals surface area contributed by atoms with Gasteiger partial charge in [-0.25, -0.2) is 9.97 Å². The molecule has 0 atom stereocenters. The molecule has 1 amide bonds. The maximum atomic E-state index is 12.8. The molecule has 1 aromatic carbocycles. The summed E-state index contributed by atoms with van der Waals surface area (Å²) in [5, 5.41) is 0. The zero-order valence-corrected chi connectivity index (χ0v) is 15.5. The first-order valence-electron chi connectivity index (χ1n) is 9.38. The van der Waals surface area contributed by atoms with Gasteiger partial charge in [0.25, 0.3) is 0 Å². The van der Waals surface area contributed by atoms with Crippen molar-refractivity contribution >= 4 is 11.7 Å². The predicted octanol–water partition coefficient (Wildman–Crippen LogP) is 3.53. The van der Waals surface area contributed by atoms with Gasteiger partial charge in [0, 0.05) is 49.4 Å². The zero-order chi connectivity index (χ0) is 19.9. The maximum Gasteiger partial charge on any atom is 0.416 e. The van der Waals surface area contributed by atoms with E-state index in [2.05, 4.69) is 14.9 Å². The molecule has 0 radical (unpaired) electrons. The van der Waals surface area contributed by atoms with Gasteiger partial charge < -0.3 is 9.80 Å². The van der Waals surface area contributed by atoms with Crippen LogP contribution in [-0.2, 0) is 11.0 Å². The van der Waals surface area contributed by atoms with Crippen molar-refractivity contribution in [2.24, 2.45) is 5.92 Å². The molecule has 0 unspecified atom stereocenters. The van der Waals surface area contributed by atoms with Crippen molar-refractivity contribution in [3.63, 3.8) is 0 Å². The van der Waals surface area contributed by atoms with Gasteiger partial charge >= 0.3 is 6.18 Å². The van der Waals surface area contributed by atoms with Crippen molar-refractivity contribution in [2.75, 3.05) is 31.1 Å². The molecule has 5 nitrogen and oxygen atoms in total. The predicted molar refractivity (Wildman–Crippen MR) is 98.7 cm³/mol. The van der Waals surface area contributed by atoms with Gasteiger partial charge in [0.1, 0.15) is 5.82 Å². The first-order valence-corrected chi connectivity index (χ1v) is 9.38. The van der Waals surface area contributed by atoms with E-state index in [4.69, 9.17) is 0 Å². The maximum absolute atomic E-state index is 12.8. The van der Waals surface area contributed by atoms with Crippen molar-refractivity contribution in [1.29, 1.82) is 0 Å². The first-order chi connectivity index (χ1) is 13.3. The summed E-state index contributed by atoms with van der Waals surface area (Å²) in [6.07, 6.45) is -2.37. The Morgan fingerprint density at radius 3 is 2.25 bits per heavy atom. The molecular formula is C20H21F3N4O. The van der Waals surface area contributed by atoms with Crippen LogP contribution in [0.5, 0.6) is 0 Å². The van der Waals surface area contributed by atoms with Crippen molar-refractivity contribution in [2.45, 2.75) is 25.9 Å². The van der Waals surface area contributed by atoms with Gasteiger partial charge in [0.05, 0.1) is 5.56 Å². The zero-order valence-electron chi connectivity index (χ0n) is 15.5. The van der Waals surface area contributed by atoms with Gasteiger partial charge in [-0.1, -0.05) is 12.1 Å². The minimum Gasteiger partial charge on any atom is -0.353 e. The fraction of sp³-hybridized carbons (Fsp3) is 0.450. The number of piperazine rings is 1. The van der Waals surface area contributed by atoms with E-state index in [1.165, 1.54) is 12.1 Å². The van der Waals surface area contributed by atoms with E-state index in [1.54, 1.807) is 0 Å². The number of aromatic nitrogens is 2. The summed E-state index contributed by atoms with van der Waals surface area (Å²) in [4.78, 5) is 25.2. The third-order valence-electron chi connectivity index (χ3n) is 5.15. The third-order valence-corrected chi connectivity index (χ3v) is 5.15. The Kier molecular flexibility index (Phi) is 4.72. The Morgan fingerprint density at radius 2 is 1.68 bits per heavy atom. The number of alkyl halides is 3. The van der Waals surface area contributed by atoms with Crippen molar-refractivity contribution in [3.05, 3.63) is 41.6 Å². The second-order valence-corrected chi connectivity index (χ2v) is 7.35. The molecule has 1 saturated heterocycles. The van der Waals surface area contributed by atoms with E-state index in [0.29, 0.717) is 37.6 Å². The molecule has 0 bridgehead atoms. The number of halogens is 3. The highest BCUT2D eigenvalue weighted by Gasteiger charge is 2.35. The quantitative estimate of drug-likeness (QED) is 0.805. The van der Waals surface area contributed by atoms with Gasteiger partial charge in [-0.05, 0) is 31.9 Å². The second-order valence-electron chi connectivity index (χ2n) is 7.35. The molecule has 4 rings (SSSR count). The standard InChI is InChI=1S/C20H21F3N4O/c1-13-12-17(26-8-10-27(11-9-26)19(28)15-2-3-15)25-18(24-13)14-4-6-16(7-5-14)20(21,22)23/h4-7,12,15H,2-3,8-11H2,1H3. The van der Waals surface area contributed by atoms with Crippen LogP contribution in [0.2, 0.25) is 0 Å². The fourth-order valence-electron chi connectivity index (χ4n) is 3.40. The number of amides is 1. The molecule has 2 fully saturated rings. The van der Waals surface area contributed by atoms with Gasteiger partial charge in [-0.15, -0.1) is 0 Å². The van der Waals surface area contributed by atoms with Crippen LogP contribution in [0.1, 0.15) is 24.1 Å². The van der Waals surface area contributed by atoms with Crippen LogP contribution in [0.3, 0.4) is 0 Å². The molecule has 2 aromatic rings. The Hall–Kier alpha value is -2.64. The molecule has 1 saturated carbocycles. The molecule has 148 valence electrons. The third kappa shape index (κ3) is 3.95. The lowest BCUT2D eigenvalue weighted by Gasteiger charge is -2.35. The van der Waals surface area contributed by atoms with E-state index in [0.717, 1.165) is 36.5 Å². The van der Waals surface area contributed by atoms with Gasteiger partial charge in [0.2, 0.25) is 5.91 Å². The van der Waals surface area contributed by atoms with Crippen LogP contribution in [0.4, 0.5) is 19.0 Å². The normalized spacial score (nSPS) is 17.7. The van der Waals surface area contributed by atoms with E-state index in [9.17, 15) is 18.0 Å². The van der Waals surface area contributed by atoms with E-state index in [1.807, 2.05) is 17.9 Å². The molecule has 2 aliphatic rings. The Bertz CT molecular complexity index is 870. The molecule has 1 aromatic heterocycles. The van der Waals surface area contributed by atoms with Crippen LogP contribution in [-0.4, -0.2) is 47.0 Å². The second kappa shape index (κ2) is 7.07. The van der Waals surface area contributed by atoms with Crippen molar-refractivity contribution < 1.29 is 18.0 Å².